The van der Waals surface area contributed by atoms with Gasteiger partial charge in [-0.05, 0) is 22.3 Å². The molecule has 9 heteroatoms. The summed E-state index contributed by atoms with van der Waals surface area (Å²) in [6.45, 7) is -0.359. The van der Waals surface area contributed by atoms with Gasteiger partial charge in [-0.2, -0.15) is 5.10 Å². The van der Waals surface area contributed by atoms with E-state index in [1.165, 1.54) is 17.9 Å². The predicted octanol–water partition coefficient (Wildman–Crippen LogP) is 2.94. The second-order valence-electron chi connectivity index (χ2n) is 7.57. The van der Waals surface area contributed by atoms with Gasteiger partial charge in [0.1, 0.15) is 13.2 Å². The first kappa shape index (κ1) is 21.1. The number of amides is 2. The van der Waals surface area contributed by atoms with E-state index in [0.29, 0.717) is 0 Å². The van der Waals surface area contributed by atoms with Crippen molar-refractivity contribution in [2.75, 3.05) is 25.5 Å². The van der Waals surface area contributed by atoms with Crippen LogP contribution in [0.3, 0.4) is 0 Å². The summed E-state index contributed by atoms with van der Waals surface area (Å²) < 4.78 is 6.87. The second-order valence-corrected chi connectivity index (χ2v) is 7.57. The molecular formula is C23H22N4O5. The van der Waals surface area contributed by atoms with E-state index in [-0.39, 0.29) is 23.9 Å². The minimum absolute atomic E-state index is 0.0650. The molecule has 0 atom stereocenters. The third-order valence-corrected chi connectivity index (χ3v) is 5.33. The van der Waals surface area contributed by atoms with Crippen LogP contribution in [-0.2, 0) is 16.6 Å². The Balaban J connectivity index is 1.47. The Kier molecular flexibility index (Phi) is 5.63. The molecule has 4 rings (SSSR count). The number of ether oxygens (including phenoxy) is 1. The van der Waals surface area contributed by atoms with Gasteiger partial charge in [0.05, 0.1) is 5.69 Å². The number of carbonyl (C=O) groups excluding carboxylic acids is 2. The van der Waals surface area contributed by atoms with E-state index in [1.807, 2.05) is 36.4 Å². The van der Waals surface area contributed by atoms with Crippen LogP contribution in [0.25, 0.3) is 11.1 Å². The molecule has 164 valence electrons. The van der Waals surface area contributed by atoms with Gasteiger partial charge in [-0.15, -0.1) is 0 Å². The van der Waals surface area contributed by atoms with E-state index < -0.39 is 24.5 Å². The molecule has 0 fully saturated rings. The molecule has 2 amide bonds. The van der Waals surface area contributed by atoms with Crippen molar-refractivity contribution in [3.05, 3.63) is 71.5 Å². The molecule has 0 saturated carbocycles. The number of nitrogens with zero attached hydrogens (tertiary/aromatic N) is 3. The number of nitrogens with one attached hydrogen (secondary N) is 1. The van der Waals surface area contributed by atoms with Crippen LogP contribution < -0.4 is 5.32 Å². The maximum atomic E-state index is 12.5. The Bertz CT molecular complexity index is 1160. The summed E-state index contributed by atoms with van der Waals surface area (Å²) in [6.07, 6.45) is 0.735. The molecule has 0 saturated heterocycles. The zero-order valence-corrected chi connectivity index (χ0v) is 17.6. The third-order valence-electron chi connectivity index (χ3n) is 5.33. The predicted molar refractivity (Wildman–Crippen MR) is 116 cm³/mol. The maximum absolute atomic E-state index is 12.5. The van der Waals surface area contributed by atoms with Crippen LogP contribution in [-0.4, -0.2) is 58.0 Å². The molecule has 2 N–H and O–H groups in total. The Morgan fingerprint density at radius 3 is 2.28 bits per heavy atom. The standard InChI is InChI=1S/C23H22N4O5/c1-26(12-20(28)29)22(30)21-19(11-27(2)25-21)24-23(31)32-13-18-16-9-5-3-7-14(16)15-8-4-6-10-17(15)18/h3-11,18H,12-13H2,1-2H3,(H,24,31)(H,28,29). The lowest BCUT2D eigenvalue weighted by atomic mass is 9.98. The van der Waals surface area contributed by atoms with Gasteiger partial charge in [-0.1, -0.05) is 48.5 Å². The average Bonchev–Trinajstić information content (AvgIpc) is 3.28. The Labute approximate surface area is 184 Å². The smallest absolute Gasteiger partial charge is 0.411 e. The lowest BCUT2D eigenvalue weighted by molar-refractivity contribution is -0.137. The summed E-state index contributed by atoms with van der Waals surface area (Å²) in [6, 6.07) is 16.0. The summed E-state index contributed by atoms with van der Waals surface area (Å²) in [7, 11) is 2.94. The fourth-order valence-electron chi connectivity index (χ4n) is 3.94. The van der Waals surface area contributed by atoms with E-state index in [1.54, 1.807) is 7.05 Å². The van der Waals surface area contributed by atoms with Crippen LogP contribution in [0.4, 0.5) is 10.5 Å². The topological polar surface area (TPSA) is 114 Å². The molecule has 32 heavy (non-hydrogen) atoms. The van der Waals surface area contributed by atoms with E-state index >= 15 is 0 Å². The lowest BCUT2D eigenvalue weighted by Crippen LogP contribution is -2.33. The molecule has 0 unspecified atom stereocenters. The van der Waals surface area contributed by atoms with Crippen molar-refractivity contribution >= 4 is 23.7 Å². The number of rotatable bonds is 6. The summed E-state index contributed by atoms with van der Waals surface area (Å²) in [5, 5.41) is 15.5. The summed E-state index contributed by atoms with van der Waals surface area (Å²) in [5.74, 6) is -1.87. The molecule has 1 aromatic heterocycles. The summed E-state index contributed by atoms with van der Waals surface area (Å²) in [5.41, 5.74) is 4.51. The molecule has 1 aliphatic rings. The van der Waals surface area contributed by atoms with E-state index in [2.05, 4.69) is 22.5 Å². The number of hydrogen-bond acceptors (Lipinski definition) is 5. The van der Waals surface area contributed by atoms with Crippen molar-refractivity contribution in [1.29, 1.82) is 0 Å². The quantitative estimate of drug-likeness (QED) is 0.617. The number of benzene rings is 2. The van der Waals surface area contributed by atoms with Gasteiger partial charge in [-0.3, -0.25) is 19.6 Å². The fourth-order valence-corrected chi connectivity index (χ4v) is 3.94. The van der Waals surface area contributed by atoms with Crippen molar-refractivity contribution in [1.82, 2.24) is 14.7 Å². The highest BCUT2D eigenvalue weighted by atomic mass is 16.5. The SMILES string of the molecule is CN(CC(=O)O)C(=O)c1nn(C)cc1NC(=O)OCC1c2ccccc2-c2ccccc21. The molecule has 0 bridgehead atoms. The van der Waals surface area contributed by atoms with Crippen molar-refractivity contribution in [3.8, 4) is 11.1 Å². The van der Waals surface area contributed by atoms with Gasteiger partial charge in [0.15, 0.2) is 5.69 Å². The highest BCUT2D eigenvalue weighted by Crippen LogP contribution is 2.44. The zero-order valence-electron chi connectivity index (χ0n) is 17.6. The number of aryl methyl sites for hydroxylation is 1. The number of carbonyl (C=O) groups is 3. The zero-order chi connectivity index (χ0) is 22.8. The molecule has 2 aromatic carbocycles. The Morgan fingerprint density at radius 2 is 1.69 bits per heavy atom. The highest BCUT2D eigenvalue weighted by Gasteiger charge is 2.29. The van der Waals surface area contributed by atoms with Crippen LogP contribution in [0.5, 0.6) is 0 Å². The van der Waals surface area contributed by atoms with Gasteiger partial charge in [0.2, 0.25) is 0 Å². The number of carboxylic acid groups (broad SMARTS) is 1. The first-order valence-corrected chi connectivity index (χ1v) is 9.98. The Hall–Kier alpha value is -4.14. The van der Waals surface area contributed by atoms with Crippen LogP contribution in [0, 0.1) is 0 Å². The molecule has 1 aliphatic carbocycles. The average molecular weight is 434 g/mol. The second kappa shape index (κ2) is 8.54. The third kappa shape index (κ3) is 4.04. The Morgan fingerprint density at radius 1 is 1.09 bits per heavy atom. The van der Waals surface area contributed by atoms with E-state index in [0.717, 1.165) is 27.2 Å². The maximum Gasteiger partial charge on any atom is 0.411 e. The van der Waals surface area contributed by atoms with Crippen LogP contribution in [0.1, 0.15) is 27.5 Å². The molecule has 1 heterocycles. The minimum Gasteiger partial charge on any atom is -0.480 e. The van der Waals surface area contributed by atoms with Crippen molar-refractivity contribution in [3.63, 3.8) is 0 Å². The molecule has 0 aliphatic heterocycles. The van der Waals surface area contributed by atoms with Crippen LogP contribution in [0.15, 0.2) is 54.7 Å². The van der Waals surface area contributed by atoms with Gasteiger partial charge >= 0.3 is 12.1 Å². The monoisotopic (exact) mass is 434 g/mol. The summed E-state index contributed by atoms with van der Waals surface area (Å²) in [4.78, 5) is 37.0. The molecule has 9 nitrogen and oxygen atoms in total. The first-order valence-electron chi connectivity index (χ1n) is 9.98. The van der Waals surface area contributed by atoms with Crippen LogP contribution in [0.2, 0.25) is 0 Å². The molecule has 0 spiro atoms. The molecular weight excluding hydrogens is 412 g/mol. The number of likely N-dealkylation sites (N-methyl/N-ethyl adjacent to an activating group) is 1. The highest BCUT2D eigenvalue weighted by molar-refractivity contribution is 6.01. The number of aromatic nitrogens is 2. The van der Waals surface area contributed by atoms with Gasteiger partial charge in [0.25, 0.3) is 5.91 Å². The number of anilines is 1. The number of fused-ring (bicyclic) bond motifs is 3. The van der Waals surface area contributed by atoms with Crippen molar-refractivity contribution < 1.29 is 24.2 Å². The number of carboxylic acids is 1. The largest absolute Gasteiger partial charge is 0.480 e. The first-order chi connectivity index (χ1) is 15.3. The van der Waals surface area contributed by atoms with Gasteiger partial charge in [-0.25, -0.2) is 4.79 Å². The summed E-state index contributed by atoms with van der Waals surface area (Å²) >= 11 is 0. The number of hydrogen-bond donors (Lipinski definition) is 2. The minimum atomic E-state index is -1.15. The van der Waals surface area contributed by atoms with Gasteiger partial charge < -0.3 is 14.7 Å². The van der Waals surface area contributed by atoms with Crippen molar-refractivity contribution in [2.45, 2.75) is 5.92 Å². The van der Waals surface area contributed by atoms with E-state index in [4.69, 9.17) is 9.84 Å². The van der Waals surface area contributed by atoms with Crippen molar-refractivity contribution in [2.24, 2.45) is 7.05 Å². The fraction of sp³-hybridized carbons (Fsp3) is 0.217. The molecule has 0 radical (unpaired) electrons. The van der Waals surface area contributed by atoms with Gasteiger partial charge in [0, 0.05) is 26.2 Å². The number of aliphatic carboxylic acids is 1. The molecule has 3 aromatic rings. The normalized spacial score (nSPS) is 12.1. The lowest BCUT2D eigenvalue weighted by Gasteiger charge is -2.15. The van der Waals surface area contributed by atoms with Crippen LogP contribution >= 0.6 is 0 Å². The van der Waals surface area contributed by atoms with E-state index in [9.17, 15) is 14.4 Å².